The maximum Gasteiger partial charge on any atom is 0.407 e. The number of carboxylic acids is 1. The van der Waals surface area contributed by atoms with Crippen LogP contribution in [0.25, 0.3) is 11.1 Å². The largest absolute Gasteiger partial charge is 0.480 e. The summed E-state index contributed by atoms with van der Waals surface area (Å²) in [5, 5.41) is 12.9. The monoisotopic (exact) mass is 504 g/mol. The van der Waals surface area contributed by atoms with Crippen LogP contribution in [-0.4, -0.2) is 42.9 Å². The minimum absolute atomic E-state index is 0.0902. The lowest BCUT2D eigenvalue weighted by Gasteiger charge is -2.29. The van der Waals surface area contributed by atoms with Crippen molar-refractivity contribution in [2.45, 2.75) is 37.6 Å². The standard InChI is InChI=1S/C29H29ClN2O4/c30-25-16-19(12-13-27(25)32-14-6-1-7-15-32)17-26(28(33)34)31-29(35)36-18-24-22-10-4-2-8-20(22)21-9-3-5-11-23(21)24/h2-5,8-13,16,24,26H,1,6-7,14-15,17-18H2,(H,31,35)(H,33,34). The summed E-state index contributed by atoms with van der Waals surface area (Å²) in [5.74, 6) is -1.22. The van der Waals surface area contributed by atoms with Gasteiger partial charge in [0.05, 0.1) is 10.7 Å². The van der Waals surface area contributed by atoms with Crippen LogP contribution in [0.3, 0.4) is 0 Å². The van der Waals surface area contributed by atoms with Gasteiger partial charge in [-0.1, -0.05) is 66.2 Å². The van der Waals surface area contributed by atoms with Crippen molar-refractivity contribution in [3.63, 3.8) is 0 Å². The van der Waals surface area contributed by atoms with Crippen LogP contribution < -0.4 is 10.2 Å². The molecule has 2 N–H and O–H groups in total. The van der Waals surface area contributed by atoms with E-state index < -0.39 is 18.1 Å². The number of hydrogen-bond donors (Lipinski definition) is 2. The van der Waals surface area contributed by atoms with E-state index in [4.69, 9.17) is 16.3 Å². The van der Waals surface area contributed by atoms with E-state index in [1.807, 2.05) is 48.5 Å². The van der Waals surface area contributed by atoms with Crippen molar-refractivity contribution in [1.29, 1.82) is 0 Å². The van der Waals surface area contributed by atoms with Gasteiger partial charge in [0, 0.05) is 25.4 Å². The molecule has 1 atom stereocenters. The number of carbonyl (C=O) groups is 2. The van der Waals surface area contributed by atoms with Gasteiger partial charge in [0.25, 0.3) is 0 Å². The maximum atomic E-state index is 12.6. The number of nitrogens with one attached hydrogen (secondary N) is 1. The van der Waals surface area contributed by atoms with Crippen LogP contribution in [0.4, 0.5) is 10.5 Å². The fourth-order valence-corrected chi connectivity index (χ4v) is 5.61. The highest BCUT2D eigenvalue weighted by atomic mass is 35.5. The Labute approximate surface area is 215 Å². The normalized spacial score (nSPS) is 15.6. The van der Waals surface area contributed by atoms with Gasteiger partial charge in [0.1, 0.15) is 12.6 Å². The molecular formula is C29H29ClN2O4. The predicted octanol–water partition coefficient (Wildman–Crippen LogP) is 5.86. The Kier molecular flexibility index (Phi) is 7.14. The Hall–Kier alpha value is -3.51. The number of benzene rings is 3. The smallest absolute Gasteiger partial charge is 0.407 e. The van der Waals surface area contributed by atoms with Gasteiger partial charge in [-0.25, -0.2) is 9.59 Å². The Morgan fingerprint density at radius 2 is 1.61 bits per heavy atom. The number of carbonyl (C=O) groups excluding carboxylic acids is 1. The van der Waals surface area contributed by atoms with Gasteiger partial charge in [-0.05, 0) is 59.2 Å². The van der Waals surface area contributed by atoms with Crippen LogP contribution in [0.15, 0.2) is 66.7 Å². The van der Waals surface area contributed by atoms with Crippen molar-refractivity contribution in [2.24, 2.45) is 0 Å². The summed E-state index contributed by atoms with van der Waals surface area (Å²) in [5.41, 5.74) is 6.18. The van der Waals surface area contributed by atoms with Crippen molar-refractivity contribution >= 4 is 29.4 Å². The molecule has 1 aliphatic heterocycles. The lowest BCUT2D eigenvalue weighted by Crippen LogP contribution is -2.43. The predicted molar refractivity (Wildman–Crippen MR) is 141 cm³/mol. The Balaban J connectivity index is 1.22. The molecule has 1 heterocycles. The Morgan fingerprint density at radius 3 is 2.22 bits per heavy atom. The highest BCUT2D eigenvalue weighted by Gasteiger charge is 2.30. The lowest BCUT2D eigenvalue weighted by atomic mass is 9.98. The van der Waals surface area contributed by atoms with Crippen LogP contribution in [0, 0.1) is 0 Å². The number of amides is 1. The number of halogens is 1. The van der Waals surface area contributed by atoms with Gasteiger partial charge < -0.3 is 20.1 Å². The molecule has 2 aliphatic rings. The van der Waals surface area contributed by atoms with Gasteiger partial charge in [-0.15, -0.1) is 0 Å². The molecule has 1 amide bonds. The molecule has 0 bridgehead atoms. The summed E-state index contributed by atoms with van der Waals surface area (Å²) in [7, 11) is 0. The molecule has 1 saturated heterocycles. The van der Waals surface area contributed by atoms with Crippen molar-refractivity contribution in [1.82, 2.24) is 5.32 Å². The number of fused-ring (bicyclic) bond motifs is 3. The molecule has 0 aromatic heterocycles. The SMILES string of the molecule is O=C(NC(Cc1ccc(N2CCCCC2)c(Cl)c1)C(=O)O)OCC1c2ccccc2-c2ccccc21. The van der Waals surface area contributed by atoms with Gasteiger partial charge in [-0.2, -0.15) is 0 Å². The number of nitrogens with zero attached hydrogens (tertiary/aromatic N) is 1. The van der Waals surface area contributed by atoms with E-state index in [0.717, 1.165) is 59.4 Å². The van der Waals surface area contributed by atoms with Crippen LogP contribution in [0.5, 0.6) is 0 Å². The zero-order chi connectivity index (χ0) is 25.1. The quantitative estimate of drug-likeness (QED) is 0.421. The number of carboxylic acid groups (broad SMARTS) is 1. The molecule has 1 fully saturated rings. The van der Waals surface area contributed by atoms with E-state index in [0.29, 0.717) is 5.02 Å². The molecule has 3 aromatic rings. The average molecular weight is 505 g/mol. The third kappa shape index (κ3) is 5.05. The van der Waals surface area contributed by atoms with E-state index in [-0.39, 0.29) is 18.9 Å². The third-order valence-corrected chi connectivity index (χ3v) is 7.39. The van der Waals surface area contributed by atoms with Crippen molar-refractivity contribution < 1.29 is 19.4 Å². The number of aliphatic carboxylic acids is 1. The number of piperidine rings is 1. The second kappa shape index (κ2) is 10.6. The molecule has 0 spiro atoms. The fourth-order valence-electron chi connectivity index (χ4n) is 5.29. The molecule has 1 unspecified atom stereocenters. The van der Waals surface area contributed by atoms with Crippen molar-refractivity contribution in [3.05, 3.63) is 88.4 Å². The highest BCUT2D eigenvalue weighted by molar-refractivity contribution is 6.33. The first-order valence-electron chi connectivity index (χ1n) is 12.4. The summed E-state index contributed by atoms with van der Waals surface area (Å²) in [6, 6.07) is 20.6. The first kappa shape index (κ1) is 24.2. The highest BCUT2D eigenvalue weighted by Crippen LogP contribution is 2.44. The summed E-state index contributed by atoms with van der Waals surface area (Å²) in [4.78, 5) is 26.8. The molecular weight excluding hydrogens is 476 g/mol. The second-order valence-electron chi connectivity index (χ2n) is 9.40. The third-order valence-electron chi connectivity index (χ3n) is 7.08. The van der Waals surface area contributed by atoms with E-state index in [9.17, 15) is 14.7 Å². The number of hydrogen-bond acceptors (Lipinski definition) is 4. The molecule has 36 heavy (non-hydrogen) atoms. The number of alkyl carbamates (subject to hydrolysis) is 1. The fraction of sp³-hybridized carbons (Fsp3) is 0.310. The molecule has 186 valence electrons. The first-order valence-corrected chi connectivity index (χ1v) is 12.8. The van der Waals surface area contributed by atoms with Gasteiger partial charge in [0.2, 0.25) is 0 Å². The number of rotatable bonds is 7. The summed E-state index contributed by atoms with van der Waals surface area (Å²) in [6.07, 6.45) is 2.88. The van der Waals surface area contributed by atoms with Gasteiger partial charge in [0.15, 0.2) is 0 Å². The van der Waals surface area contributed by atoms with Crippen molar-refractivity contribution in [3.8, 4) is 11.1 Å². The summed E-state index contributed by atoms with van der Waals surface area (Å²) >= 11 is 6.54. The van der Waals surface area contributed by atoms with E-state index in [2.05, 4.69) is 22.3 Å². The first-order chi connectivity index (χ1) is 17.5. The maximum absolute atomic E-state index is 12.6. The molecule has 3 aromatic carbocycles. The molecule has 1 aliphatic carbocycles. The van der Waals surface area contributed by atoms with E-state index >= 15 is 0 Å². The van der Waals surface area contributed by atoms with Gasteiger partial charge in [-0.3, -0.25) is 0 Å². The average Bonchev–Trinajstić information content (AvgIpc) is 3.21. The number of ether oxygens (including phenoxy) is 1. The molecule has 7 heteroatoms. The lowest BCUT2D eigenvalue weighted by molar-refractivity contribution is -0.139. The second-order valence-corrected chi connectivity index (χ2v) is 9.81. The van der Waals surface area contributed by atoms with Crippen LogP contribution in [0.2, 0.25) is 5.02 Å². The number of anilines is 1. The Bertz CT molecular complexity index is 1230. The molecule has 5 rings (SSSR count). The minimum Gasteiger partial charge on any atom is -0.480 e. The molecule has 0 saturated carbocycles. The van der Waals surface area contributed by atoms with Gasteiger partial charge >= 0.3 is 12.1 Å². The van der Waals surface area contributed by atoms with Crippen LogP contribution in [-0.2, 0) is 16.0 Å². The van der Waals surface area contributed by atoms with Crippen molar-refractivity contribution in [2.75, 3.05) is 24.6 Å². The topological polar surface area (TPSA) is 78.9 Å². The summed E-state index contributed by atoms with van der Waals surface area (Å²) in [6.45, 7) is 2.07. The summed E-state index contributed by atoms with van der Waals surface area (Å²) < 4.78 is 5.53. The van der Waals surface area contributed by atoms with Crippen LogP contribution in [0.1, 0.15) is 41.9 Å². The van der Waals surface area contributed by atoms with Crippen LogP contribution >= 0.6 is 11.6 Å². The van der Waals surface area contributed by atoms with E-state index in [1.165, 1.54) is 6.42 Å². The molecule has 6 nitrogen and oxygen atoms in total. The minimum atomic E-state index is -1.13. The zero-order valence-corrected chi connectivity index (χ0v) is 20.7. The van der Waals surface area contributed by atoms with E-state index in [1.54, 1.807) is 6.07 Å². The Morgan fingerprint density at radius 1 is 0.972 bits per heavy atom. The zero-order valence-electron chi connectivity index (χ0n) is 20.0. The molecule has 0 radical (unpaired) electrons.